The van der Waals surface area contributed by atoms with Gasteiger partial charge in [-0.15, -0.1) is 0 Å². The van der Waals surface area contributed by atoms with Crippen molar-refractivity contribution in [1.82, 2.24) is 24.6 Å². The number of amides is 1. The molecule has 0 N–H and O–H groups in total. The van der Waals surface area contributed by atoms with Crippen LogP contribution in [0.25, 0.3) is 0 Å². The average Bonchev–Trinajstić information content (AvgIpc) is 3.13. The Kier molecular flexibility index (Phi) is 4.96. The molecule has 23 heavy (non-hydrogen) atoms. The third-order valence-electron chi connectivity index (χ3n) is 4.95. The Bertz CT molecular complexity index is 553. The molecule has 128 valence electrons. The first-order valence-electron chi connectivity index (χ1n) is 8.56. The molecule has 0 aliphatic carbocycles. The molecule has 1 aromatic rings. The second-order valence-corrected chi connectivity index (χ2v) is 6.54. The van der Waals surface area contributed by atoms with E-state index in [9.17, 15) is 4.79 Å². The van der Waals surface area contributed by atoms with Crippen molar-refractivity contribution in [3.8, 4) is 0 Å². The van der Waals surface area contributed by atoms with Crippen LogP contribution in [0.3, 0.4) is 0 Å². The maximum absolute atomic E-state index is 12.7. The van der Waals surface area contributed by atoms with Crippen LogP contribution in [0.15, 0.2) is 0 Å². The molecule has 2 saturated heterocycles. The number of nitrogens with zero attached hydrogens (tertiary/aromatic N) is 5. The number of aryl methyl sites for hydroxylation is 2. The Morgan fingerprint density at radius 1 is 1.30 bits per heavy atom. The Labute approximate surface area is 137 Å². The fraction of sp³-hybridized carbons (Fsp3) is 0.812. The molecule has 0 spiro atoms. The van der Waals surface area contributed by atoms with Crippen molar-refractivity contribution >= 4 is 5.91 Å². The van der Waals surface area contributed by atoms with Gasteiger partial charge in [0.1, 0.15) is 11.6 Å². The second-order valence-electron chi connectivity index (χ2n) is 6.54. The van der Waals surface area contributed by atoms with E-state index in [0.717, 1.165) is 37.6 Å². The van der Waals surface area contributed by atoms with Gasteiger partial charge in [0.25, 0.3) is 0 Å². The second kappa shape index (κ2) is 6.97. The van der Waals surface area contributed by atoms with Gasteiger partial charge in [-0.2, -0.15) is 5.10 Å². The molecule has 7 nitrogen and oxygen atoms in total. The number of morpholine rings is 1. The van der Waals surface area contributed by atoms with Crippen LogP contribution in [0, 0.1) is 13.8 Å². The summed E-state index contributed by atoms with van der Waals surface area (Å²) in [6, 6.07) is 0.278. The maximum Gasteiger partial charge on any atom is 0.239 e. The molecule has 0 saturated carbocycles. The molecule has 0 aromatic carbocycles. The zero-order chi connectivity index (χ0) is 16.4. The number of hydrogen-bond donors (Lipinski definition) is 0. The summed E-state index contributed by atoms with van der Waals surface area (Å²) in [6.45, 7) is 10.5. The smallest absolute Gasteiger partial charge is 0.239 e. The minimum absolute atomic E-state index is 0.0782. The van der Waals surface area contributed by atoms with Crippen LogP contribution in [-0.2, 0) is 16.1 Å². The molecule has 2 fully saturated rings. The monoisotopic (exact) mass is 321 g/mol. The largest absolute Gasteiger partial charge is 0.378 e. The lowest BCUT2D eigenvalue weighted by molar-refractivity contribution is -0.141. The highest BCUT2D eigenvalue weighted by Gasteiger charge is 2.34. The van der Waals surface area contributed by atoms with Crippen molar-refractivity contribution in [2.45, 2.75) is 52.2 Å². The molecule has 1 aromatic heterocycles. The molecular formula is C16H27N5O2. The number of ether oxygens (including phenoxy) is 1. The minimum atomic E-state index is -0.0782. The van der Waals surface area contributed by atoms with Crippen LogP contribution < -0.4 is 0 Å². The van der Waals surface area contributed by atoms with E-state index < -0.39 is 0 Å². The van der Waals surface area contributed by atoms with Crippen molar-refractivity contribution in [1.29, 1.82) is 0 Å². The van der Waals surface area contributed by atoms with E-state index in [4.69, 9.17) is 4.74 Å². The van der Waals surface area contributed by atoms with Crippen molar-refractivity contribution in [2.24, 2.45) is 0 Å². The average molecular weight is 321 g/mol. The third-order valence-corrected chi connectivity index (χ3v) is 4.95. The fourth-order valence-corrected chi connectivity index (χ4v) is 3.69. The van der Waals surface area contributed by atoms with Crippen LogP contribution in [0.1, 0.15) is 31.4 Å². The molecule has 2 aliphatic heterocycles. The summed E-state index contributed by atoms with van der Waals surface area (Å²) in [5, 5.41) is 4.47. The van der Waals surface area contributed by atoms with Crippen LogP contribution in [0.5, 0.6) is 0 Å². The first-order valence-corrected chi connectivity index (χ1v) is 8.56. The van der Waals surface area contributed by atoms with Gasteiger partial charge in [0.15, 0.2) is 0 Å². The molecular weight excluding hydrogens is 294 g/mol. The predicted molar refractivity (Wildman–Crippen MR) is 86.1 cm³/mol. The number of aromatic nitrogens is 3. The van der Waals surface area contributed by atoms with E-state index in [1.165, 1.54) is 0 Å². The van der Waals surface area contributed by atoms with Crippen LogP contribution in [0.4, 0.5) is 0 Å². The Hall–Kier alpha value is -1.47. The molecule has 2 atom stereocenters. The van der Waals surface area contributed by atoms with Gasteiger partial charge in [0.05, 0.1) is 25.8 Å². The number of carbonyl (C=O) groups is 1. The summed E-state index contributed by atoms with van der Waals surface area (Å²) < 4.78 is 7.32. The van der Waals surface area contributed by atoms with Gasteiger partial charge >= 0.3 is 0 Å². The van der Waals surface area contributed by atoms with Crippen LogP contribution >= 0.6 is 0 Å². The summed E-state index contributed by atoms with van der Waals surface area (Å²) in [6.07, 6.45) is 2.25. The molecule has 0 radical (unpaired) electrons. The number of carbonyl (C=O) groups excluding carboxylic acids is 1. The molecule has 7 heteroatoms. The topological polar surface area (TPSA) is 63.5 Å². The summed E-state index contributed by atoms with van der Waals surface area (Å²) >= 11 is 0. The van der Waals surface area contributed by atoms with Gasteiger partial charge in [0, 0.05) is 19.1 Å². The van der Waals surface area contributed by atoms with Gasteiger partial charge in [-0.25, -0.2) is 9.67 Å². The molecule has 3 heterocycles. The zero-order valence-corrected chi connectivity index (χ0v) is 14.4. The summed E-state index contributed by atoms with van der Waals surface area (Å²) in [5.41, 5.74) is 0. The third kappa shape index (κ3) is 3.55. The van der Waals surface area contributed by atoms with E-state index in [-0.39, 0.29) is 11.9 Å². The van der Waals surface area contributed by atoms with Gasteiger partial charge in [-0.3, -0.25) is 9.69 Å². The fourth-order valence-electron chi connectivity index (χ4n) is 3.69. The number of likely N-dealkylation sites (tertiary alicyclic amines) is 1. The van der Waals surface area contributed by atoms with Crippen molar-refractivity contribution in [3.05, 3.63) is 11.6 Å². The Morgan fingerprint density at radius 2 is 2.04 bits per heavy atom. The molecule has 1 amide bonds. The number of rotatable bonds is 4. The van der Waals surface area contributed by atoms with Gasteiger partial charge in [-0.1, -0.05) is 0 Å². The minimum Gasteiger partial charge on any atom is -0.378 e. The summed E-state index contributed by atoms with van der Waals surface area (Å²) in [7, 11) is 0. The summed E-state index contributed by atoms with van der Waals surface area (Å²) in [4.78, 5) is 21.4. The highest BCUT2D eigenvalue weighted by molar-refractivity contribution is 5.81. The molecule has 0 bridgehead atoms. The maximum atomic E-state index is 12.7. The Morgan fingerprint density at radius 3 is 2.70 bits per heavy atom. The van der Waals surface area contributed by atoms with Crippen molar-refractivity contribution in [2.75, 3.05) is 32.8 Å². The normalized spacial score (nSPS) is 24.1. The van der Waals surface area contributed by atoms with E-state index in [2.05, 4.69) is 15.0 Å². The lowest BCUT2D eigenvalue weighted by atomic mass is 10.1. The first-order chi connectivity index (χ1) is 11.1. The quantitative estimate of drug-likeness (QED) is 0.813. The van der Waals surface area contributed by atoms with Crippen LogP contribution in [-0.4, -0.2) is 75.4 Å². The first kappa shape index (κ1) is 16.4. The lowest BCUT2D eigenvalue weighted by Crippen LogP contribution is -2.52. The molecule has 2 aliphatic rings. The standard InChI is InChI=1S/C16H27N5O2/c1-12(16(22)19-7-9-23-10-8-19)20-6-4-5-15(20)11-21-14(3)17-13(2)18-21/h12,15H,4-11H2,1-3H3/t12-,15-/m0/s1. The van der Waals surface area contributed by atoms with Crippen LogP contribution in [0.2, 0.25) is 0 Å². The zero-order valence-electron chi connectivity index (χ0n) is 14.4. The van der Waals surface area contributed by atoms with Crippen molar-refractivity contribution < 1.29 is 9.53 Å². The van der Waals surface area contributed by atoms with Gasteiger partial charge in [0.2, 0.25) is 5.91 Å². The highest BCUT2D eigenvalue weighted by atomic mass is 16.5. The molecule has 3 rings (SSSR count). The predicted octanol–water partition coefficient (Wildman–Crippen LogP) is 0.607. The highest BCUT2D eigenvalue weighted by Crippen LogP contribution is 2.23. The molecule has 0 unspecified atom stereocenters. The lowest BCUT2D eigenvalue weighted by Gasteiger charge is -2.35. The van der Waals surface area contributed by atoms with Crippen molar-refractivity contribution in [3.63, 3.8) is 0 Å². The SMILES string of the molecule is Cc1nc(C)n(C[C@@H]2CCCN2[C@@H](C)C(=O)N2CCOCC2)n1. The van der Waals surface area contributed by atoms with Gasteiger partial charge < -0.3 is 9.64 Å². The number of hydrogen-bond acceptors (Lipinski definition) is 5. The summed E-state index contributed by atoms with van der Waals surface area (Å²) in [5.74, 6) is 1.98. The van der Waals surface area contributed by atoms with E-state index in [1.54, 1.807) is 0 Å². The van der Waals surface area contributed by atoms with E-state index in [1.807, 2.05) is 30.4 Å². The van der Waals surface area contributed by atoms with E-state index >= 15 is 0 Å². The Balaban J connectivity index is 1.65. The van der Waals surface area contributed by atoms with Gasteiger partial charge in [-0.05, 0) is 40.2 Å². The van der Waals surface area contributed by atoms with E-state index in [0.29, 0.717) is 32.3 Å².